The molecule has 114 valence electrons. The highest BCUT2D eigenvalue weighted by Crippen LogP contribution is 2.49. The second-order valence-electron chi connectivity index (χ2n) is 5.94. The van der Waals surface area contributed by atoms with Crippen LogP contribution in [0.15, 0.2) is 53.6 Å². The average Bonchev–Trinajstić information content (AvgIpc) is 2.99. The summed E-state index contributed by atoms with van der Waals surface area (Å²) >= 11 is 0. The molecule has 2 aliphatic rings. The van der Waals surface area contributed by atoms with E-state index in [1.165, 1.54) is 0 Å². The topological polar surface area (TPSA) is 75.1 Å². The fourth-order valence-electron chi connectivity index (χ4n) is 3.71. The first-order valence-electron chi connectivity index (χ1n) is 7.68. The quantitative estimate of drug-likeness (QED) is 0.474. The summed E-state index contributed by atoms with van der Waals surface area (Å²) in [7, 11) is 0. The summed E-state index contributed by atoms with van der Waals surface area (Å²) < 4.78 is 6.16. The third-order valence-corrected chi connectivity index (χ3v) is 4.69. The molecule has 3 unspecified atom stereocenters. The van der Waals surface area contributed by atoms with Gasteiger partial charge in [-0.05, 0) is 23.1 Å². The summed E-state index contributed by atoms with van der Waals surface area (Å²) in [6, 6.07) is 15.4. The van der Waals surface area contributed by atoms with E-state index >= 15 is 0 Å². The molecular weight excluding hydrogens is 290 g/mol. The molecule has 0 bridgehead atoms. The molecule has 4 rings (SSSR count). The molecule has 0 radical (unpaired) electrons. The average molecular weight is 305 g/mol. The van der Waals surface area contributed by atoms with Crippen LogP contribution in [0.5, 0.6) is 0 Å². The van der Waals surface area contributed by atoms with Crippen molar-refractivity contribution in [3.63, 3.8) is 0 Å². The summed E-state index contributed by atoms with van der Waals surface area (Å²) in [6.45, 7) is 0.321. The number of benzene rings is 2. The largest absolute Gasteiger partial charge is 0.369 e. The van der Waals surface area contributed by atoms with Gasteiger partial charge in [0.1, 0.15) is 0 Å². The smallest absolute Gasteiger partial charge is 0.193 e. The zero-order valence-corrected chi connectivity index (χ0v) is 12.4. The Balaban J connectivity index is 1.86. The van der Waals surface area contributed by atoms with Crippen LogP contribution in [0.2, 0.25) is 0 Å². The van der Waals surface area contributed by atoms with Crippen molar-refractivity contribution in [1.29, 1.82) is 0 Å². The molecule has 1 aliphatic heterocycles. The van der Waals surface area contributed by atoms with Crippen molar-refractivity contribution in [3.8, 4) is 0 Å². The van der Waals surface area contributed by atoms with Crippen LogP contribution < -0.4 is 0 Å². The SMILES string of the molecule is [N-]=[N+]=NCC1CC2c3ccccc3C(=O)c3ccccc3C2O1. The van der Waals surface area contributed by atoms with Crippen LogP contribution in [0, 0.1) is 0 Å². The molecule has 1 aliphatic carbocycles. The fourth-order valence-corrected chi connectivity index (χ4v) is 3.71. The number of hydrogen-bond donors (Lipinski definition) is 0. The molecule has 0 saturated carbocycles. The zero-order valence-electron chi connectivity index (χ0n) is 12.4. The molecule has 1 heterocycles. The van der Waals surface area contributed by atoms with Gasteiger partial charge in [-0.2, -0.15) is 0 Å². The number of fused-ring (bicyclic) bond motifs is 5. The Morgan fingerprint density at radius 3 is 2.48 bits per heavy atom. The van der Waals surface area contributed by atoms with Crippen LogP contribution in [0.3, 0.4) is 0 Å². The Bertz CT molecular complexity index is 769. The van der Waals surface area contributed by atoms with Crippen molar-refractivity contribution >= 4 is 5.78 Å². The molecule has 1 saturated heterocycles. The van der Waals surface area contributed by atoms with Gasteiger partial charge in [-0.15, -0.1) is 0 Å². The summed E-state index contributed by atoms with van der Waals surface area (Å²) in [5.41, 5.74) is 12.0. The predicted octanol–water partition coefficient (Wildman–Crippen LogP) is 4.16. The van der Waals surface area contributed by atoms with Crippen molar-refractivity contribution in [2.75, 3.05) is 6.54 Å². The van der Waals surface area contributed by atoms with Crippen molar-refractivity contribution in [2.24, 2.45) is 5.11 Å². The number of ether oxygens (including phenoxy) is 1. The van der Waals surface area contributed by atoms with E-state index in [0.29, 0.717) is 12.1 Å². The number of hydrogen-bond acceptors (Lipinski definition) is 3. The minimum Gasteiger partial charge on any atom is -0.369 e. The second kappa shape index (κ2) is 5.54. The number of rotatable bonds is 2. The van der Waals surface area contributed by atoms with Crippen LogP contribution in [-0.4, -0.2) is 18.4 Å². The van der Waals surface area contributed by atoms with Gasteiger partial charge < -0.3 is 4.74 Å². The second-order valence-corrected chi connectivity index (χ2v) is 5.94. The summed E-state index contributed by atoms with van der Waals surface area (Å²) in [5.74, 6) is 0.165. The van der Waals surface area contributed by atoms with E-state index in [9.17, 15) is 4.79 Å². The van der Waals surface area contributed by atoms with Gasteiger partial charge in [-0.1, -0.05) is 53.6 Å². The molecule has 2 aromatic rings. The minimum atomic E-state index is -0.169. The monoisotopic (exact) mass is 305 g/mol. The maximum Gasteiger partial charge on any atom is 0.193 e. The minimum absolute atomic E-state index is 0.0563. The van der Waals surface area contributed by atoms with Gasteiger partial charge in [0.2, 0.25) is 0 Å². The standard InChI is InChI=1S/C18H15N3O2/c19-21-20-10-11-9-16-12-5-1-2-6-13(12)17(22)14-7-3-4-8-15(14)18(16)23-11/h1-8,11,16,18H,9-10H2. The molecular formula is C18H15N3O2. The first-order chi connectivity index (χ1) is 11.3. The Kier molecular flexibility index (Phi) is 3.37. The molecule has 0 N–H and O–H groups in total. The molecule has 5 heteroatoms. The third kappa shape index (κ3) is 2.22. The van der Waals surface area contributed by atoms with Crippen LogP contribution >= 0.6 is 0 Å². The lowest BCUT2D eigenvalue weighted by atomic mass is 9.87. The molecule has 0 amide bonds. The van der Waals surface area contributed by atoms with Crippen molar-refractivity contribution in [1.82, 2.24) is 0 Å². The van der Waals surface area contributed by atoms with E-state index < -0.39 is 0 Å². The van der Waals surface area contributed by atoms with Crippen LogP contribution in [0.4, 0.5) is 0 Å². The van der Waals surface area contributed by atoms with Gasteiger partial charge in [-0.25, -0.2) is 0 Å². The molecule has 2 aromatic carbocycles. The maximum absolute atomic E-state index is 12.9. The first kappa shape index (κ1) is 14.0. The van der Waals surface area contributed by atoms with Crippen molar-refractivity contribution < 1.29 is 9.53 Å². The van der Waals surface area contributed by atoms with Gasteiger partial charge in [0.15, 0.2) is 5.78 Å². The molecule has 5 nitrogen and oxygen atoms in total. The number of carbonyl (C=O) groups excluding carboxylic acids is 1. The van der Waals surface area contributed by atoms with Gasteiger partial charge in [0.05, 0.1) is 18.8 Å². The lowest BCUT2D eigenvalue weighted by Crippen LogP contribution is -2.12. The Hall–Kier alpha value is -2.62. The lowest BCUT2D eigenvalue weighted by Gasteiger charge is -2.18. The highest BCUT2D eigenvalue weighted by molar-refractivity contribution is 6.11. The number of nitrogens with zero attached hydrogens (tertiary/aromatic N) is 3. The van der Waals surface area contributed by atoms with Crippen LogP contribution in [-0.2, 0) is 4.74 Å². The Morgan fingerprint density at radius 2 is 1.74 bits per heavy atom. The van der Waals surface area contributed by atoms with Gasteiger partial charge in [0, 0.05) is 22.0 Å². The lowest BCUT2D eigenvalue weighted by molar-refractivity contribution is 0.0455. The van der Waals surface area contributed by atoms with E-state index in [0.717, 1.165) is 23.1 Å². The highest BCUT2D eigenvalue weighted by Gasteiger charge is 2.42. The van der Waals surface area contributed by atoms with Crippen molar-refractivity contribution in [2.45, 2.75) is 24.5 Å². The van der Waals surface area contributed by atoms with Crippen LogP contribution in [0.1, 0.15) is 45.5 Å². The highest BCUT2D eigenvalue weighted by atomic mass is 16.5. The van der Waals surface area contributed by atoms with E-state index in [1.54, 1.807) is 0 Å². The molecule has 3 atom stereocenters. The Labute approximate surface area is 133 Å². The molecule has 0 aromatic heterocycles. The summed E-state index contributed by atoms with van der Waals surface area (Å²) in [5, 5.41) is 3.65. The van der Waals surface area contributed by atoms with Crippen LogP contribution in [0.25, 0.3) is 10.4 Å². The first-order valence-corrected chi connectivity index (χ1v) is 7.68. The van der Waals surface area contributed by atoms with Gasteiger partial charge >= 0.3 is 0 Å². The van der Waals surface area contributed by atoms with Crippen molar-refractivity contribution in [3.05, 3.63) is 81.2 Å². The van der Waals surface area contributed by atoms with E-state index in [4.69, 9.17) is 10.3 Å². The molecule has 23 heavy (non-hydrogen) atoms. The molecule has 1 fully saturated rings. The van der Waals surface area contributed by atoms with Gasteiger partial charge in [-0.3, -0.25) is 4.79 Å². The number of carbonyl (C=O) groups is 1. The van der Waals surface area contributed by atoms with E-state index in [-0.39, 0.29) is 23.9 Å². The normalized spacial score (nSPS) is 24.9. The maximum atomic E-state index is 12.9. The number of azide groups is 1. The summed E-state index contributed by atoms with van der Waals surface area (Å²) in [6.07, 6.45) is 0.468. The predicted molar refractivity (Wildman–Crippen MR) is 85.3 cm³/mol. The third-order valence-electron chi connectivity index (χ3n) is 4.69. The van der Waals surface area contributed by atoms with E-state index in [2.05, 4.69) is 10.0 Å². The fraction of sp³-hybridized carbons (Fsp3) is 0.278. The molecule has 0 spiro atoms. The van der Waals surface area contributed by atoms with E-state index in [1.807, 2.05) is 48.5 Å². The summed E-state index contributed by atoms with van der Waals surface area (Å²) in [4.78, 5) is 15.7. The Morgan fingerprint density at radius 1 is 1.09 bits per heavy atom. The zero-order chi connectivity index (χ0) is 15.8. The van der Waals surface area contributed by atoms with Gasteiger partial charge in [0.25, 0.3) is 0 Å². The number of ketones is 1.